The summed E-state index contributed by atoms with van der Waals surface area (Å²) in [6, 6.07) is 1.78. The minimum absolute atomic E-state index is 0.104. The summed E-state index contributed by atoms with van der Waals surface area (Å²) in [7, 11) is 1.83. The van der Waals surface area contributed by atoms with Crippen molar-refractivity contribution < 1.29 is 13.5 Å². The zero-order valence-corrected chi connectivity index (χ0v) is 9.27. The van der Waals surface area contributed by atoms with E-state index in [-0.39, 0.29) is 12.6 Å². The van der Waals surface area contributed by atoms with Crippen LogP contribution in [0.3, 0.4) is 0 Å². The minimum atomic E-state index is -2.41. The maximum atomic E-state index is 11.7. The second kappa shape index (κ2) is 6.55. The van der Waals surface area contributed by atoms with Crippen molar-refractivity contribution in [2.75, 3.05) is 13.2 Å². The molecular formula is C10H17F2N3O. The Bertz CT molecular complexity index is 304. The standard InChI is InChI=1S/C10H17F2N3O/c1-15-4-2-9(14-15)6-8(13)3-5-16-7-10(11)12/h2,4,8,10H,3,5-7,13H2,1H3. The van der Waals surface area contributed by atoms with Gasteiger partial charge in [0, 0.05) is 32.3 Å². The van der Waals surface area contributed by atoms with E-state index in [1.165, 1.54) is 0 Å². The van der Waals surface area contributed by atoms with E-state index in [9.17, 15) is 8.78 Å². The molecule has 4 nitrogen and oxygen atoms in total. The summed E-state index contributed by atoms with van der Waals surface area (Å²) in [6.07, 6.45) is 0.629. The van der Waals surface area contributed by atoms with Gasteiger partial charge >= 0.3 is 0 Å². The van der Waals surface area contributed by atoms with Crippen molar-refractivity contribution >= 4 is 0 Å². The molecule has 1 aromatic rings. The third kappa shape index (κ3) is 5.18. The van der Waals surface area contributed by atoms with Crippen LogP contribution < -0.4 is 5.73 Å². The third-order valence-electron chi connectivity index (χ3n) is 2.12. The quantitative estimate of drug-likeness (QED) is 0.714. The van der Waals surface area contributed by atoms with Crippen molar-refractivity contribution in [1.29, 1.82) is 0 Å². The van der Waals surface area contributed by atoms with Gasteiger partial charge in [-0.25, -0.2) is 8.78 Å². The molecule has 2 N–H and O–H groups in total. The first-order chi connectivity index (χ1) is 7.58. The lowest BCUT2D eigenvalue weighted by atomic mass is 10.1. The topological polar surface area (TPSA) is 53.1 Å². The average Bonchev–Trinajstić information content (AvgIpc) is 2.58. The SMILES string of the molecule is Cn1ccc(CC(N)CCOCC(F)F)n1. The Balaban J connectivity index is 2.13. The van der Waals surface area contributed by atoms with Crippen LogP contribution in [0.25, 0.3) is 0 Å². The predicted octanol–water partition coefficient (Wildman–Crippen LogP) is 0.962. The van der Waals surface area contributed by atoms with Crippen molar-refractivity contribution in [3.8, 4) is 0 Å². The number of ether oxygens (including phenoxy) is 1. The Morgan fingerprint density at radius 2 is 2.31 bits per heavy atom. The summed E-state index contributed by atoms with van der Waals surface area (Å²) < 4.78 is 29.9. The molecule has 92 valence electrons. The Labute approximate surface area is 93.4 Å². The minimum Gasteiger partial charge on any atom is -0.375 e. The van der Waals surface area contributed by atoms with Crippen molar-refractivity contribution in [3.05, 3.63) is 18.0 Å². The molecule has 0 saturated heterocycles. The number of halogens is 2. The number of aromatic nitrogens is 2. The van der Waals surface area contributed by atoms with Crippen molar-refractivity contribution in [2.45, 2.75) is 25.3 Å². The van der Waals surface area contributed by atoms with Gasteiger partial charge in [-0.2, -0.15) is 5.10 Å². The highest BCUT2D eigenvalue weighted by molar-refractivity contribution is 5.00. The molecule has 0 spiro atoms. The molecule has 1 unspecified atom stereocenters. The highest BCUT2D eigenvalue weighted by Gasteiger charge is 2.07. The molecule has 0 radical (unpaired) electrons. The molecule has 16 heavy (non-hydrogen) atoms. The van der Waals surface area contributed by atoms with Gasteiger partial charge < -0.3 is 10.5 Å². The third-order valence-corrected chi connectivity index (χ3v) is 2.12. The summed E-state index contributed by atoms with van der Waals surface area (Å²) in [4.78, 5) is 0. The molecule has 1 heterocycles. The number of nitrogens with two attached hydrogens (primary N) is 1. The second-order valence-corrected chi connectivity index (χ2v) is 3.70. The van der Waals surface area contributed by atoms with E-state index in [0.717, 1.165) is 5.69 Å². The fourth-order valence-electron chi connectivity index (χ4n) is 1.35. The maximum absolute atomic E-state index is 11.7. The Morgan fingerprint density at radius 1 is 1.56 bits per heavy atom. The van der Waals surface area contributed by atoms with Crippen molar-refractivity contribution in [2.24, 2.45) is 12.8 Å². The van der Waals surface area contributed by atoms with Gasteiger partial charge in [0.05, 0.1) is 5.69 Å². The van der Waals surface area contributed by atoms with Crippen LogP contribution in [-0.4, -0.2) is 35.5 Å². The van der Waals surface area contributed by atoms with Crippen LogP contribution in [-0.2, 0) is 18.2 Å². The highest BCUT2D eigenvalue weighted by Crippen LogP contribution is 2.02. The molecule has 0 aliphatic rings. The van der Waals surface area contributed by atoms with E-state index in [0.29, 0.717) is 12.8 Å². The van der Waals surface area contributed by atoms with E-state index in [1.54, 1.807) is 4.68 Å². The van der Waals surface area contributed by atoms with Crippen LogP contribution >= 0.6 is 0 Å². The maximum Gasteiger partial charge on any atom is 0.261 e. The van der Waals surface area contributed by atoms with E-state index in [4.69, 9.17) is 10.5 Å². The van der Waals surface area contributed by atoms with Crippen molar-refractivity contribution in [1.82, 2.24) is 9.78 Å². The first-order valence-corrected chi connectivity index (χ1v) is 5.18. The lowest BCUT2D eigenvalue weighted by molar-refractivity contribution is 0.0152. The summed E-state index contributed by atoms with van der Waals surface area (Å²) >= 11 is 0. The number of alkyl halides is 2. The zero-order chi connectivity index (χ0) is 12.0. The van der Waals surface area contributed by atoms with Crippen LogP contribution in [0.4, 0.5) is 8.78 Å². The largest absolute Gasteiger partial charge is 0.375 e. The molecule has 0 aliphatic carbocycles. The molecular weight excluding hydrogens is 216 g/mol. The normalized spacial score (nSPS) is 13.3. The zero-order valence-electron chi connectivity index (χ0n) is 9.27. The number of nitrogens with zero attached hydrogens (tertiary/aromatic N) is 2. The molecule has 0 fully saturated rings. The molecule has 0 amide bonds. The Kier molecular flexibility index (Phi) is 5.34. The molecule has 0 aliphatic heterocycles. The van der Waals surface area contributed by atoms with Gasteiger partial charge in [0.15, 0.2) is 0 Å². The average molecular weight is 233 g/mol. The van der Waals surface area contributed by atoms with Gasteiger partial charge in [0.2, 0.25) is 0 Å². The molecule has 1 aromatic heterocycles. The fraction of sp³-hybridized carbons (Fsp3) is 0.700. The Hall–Kier alpha value is -1.01. The molecule has 0 bridgehead atoms. The molecule has 6 heteroatoms. The van der Waals surface area contributed by atoms with Gasteiger partial charge in [0.1, 0.15) is 6.61 Å². The van der Waals surface area contributed by atoms with Gasteiger partial charge in [-0.15, -0.1) is 0 Å². The van der Waals surface area contributed by atoms with Gasteiger partial charge in [-0.3, -0.25) is 4.68 Å². The van der Waals surface area contributed by atoms with Gasteiger partial charge in [-0.1, -0.05) is 0 Å². The number of hydrogen-bond acceptors (Lipinski definition) is 3. The monoisotopic (exact) mass is 233 g/mol. The number of rotatable bonds is 7. The fourth-order valence-corrected chi connectivity index (χ4v) is 1.35. The first kappa shape index (κ1) is 13.1. The lowest BCUT2D eigenvalue weighted by Gasteiger charge is -2.10. The summed E-state index contributed by atoms with van der Waals surface area (Å²) in [6.45, 7) is -0.255. The summed E-state index contributed by atoms with van der Waals surface area (Å²) in [5.74, 6) is 0. The van der Waals surface area contributed by atoms with Crippen LogP contribution in [0, 0.1) is 0 Å². The summed E-state index contributed by atoms with van der Waals surface area (Å²) in [5.41, 5.74) is 6.72. The van der Waals surface area contributed by atoms with E-state index >= 15 is 0 Å². The molecule has 1 atom stereocenters. The second-order valence-electron chi connectivity index (χ2n) is 3.70. The first-order valence-electron chi connectivity index (χ1n) is 5.18. The predicted molar refractivity (Wildman–Crippen MR) is 56.3 cm³/mol. The Morgan fingerprint density at radius 3 is 2.88 bits per heavy atom. The highest BCUT2D eigenvalue weighted by atomic mass is 19.3. The van der Waals surface area contributed by atoms with E-state index in [2.05, 4.69) is 5.10 Å². The van der Waals surface area contributed by atoms with Gasteiger partial charge in [0.25, 0.3) is 6.43 Å². The van der Waals surface area contributed by atoms with E-state index in [1.807, 2.05) is 19.3 Å². The molecule has 0 saturated carbocycles. The smallest absolute Gasteiger partial charge is 0.261 e. The van der Waals surface area contributed by atoms with Crippen LogP contribution in [0.5, 0.6) is 0 Å². The van der Waals surface area contributed by atoms with Crippen LogP contribution in [0.2, 0.25) is 0 Å². The molecule has 1 rings (SSSR count). The lowest BCUT2D eigenvalue weighted by Crippen LogP contribution is -2.25. The van der Waals surface area contributed by atoms with Crippen molar-refractivity contribution in [3.63, 3.8) is 0 Å². The van der Waals surface area contributed by atoms with Crippen LogP contribution in [0.15, 0.2) is 12.3 Å². The molecule has 0 aromatic carbocycles. The summed E-state index contributed by atoms with van der Waals surface area (Å²) in [5, 5.41) is 4.18. The van der Waals surface area contributed by atoms with Gasteiger partial charge in [-0.05, 0) is 12.5 Å². The number of aryl methyl sites for hydroxylation is 1. The van der Waals surface area contributed by atoms with E-state index < -0.39 is 13.0 Å². The van der Waals surface area contributed by atoms with Crippen LogP contribution in [0.1, 0.15) is 12.1 Å². The number of hydrogen-bond donors (Lipinski definition) is 1.